The fourth-order valence-electron chi connectivity index (χ4n) is 4.57. The Morgan fingerprint density at radius 2 is 1.87 bits per heavy atom. The highest BCUT2D eigenvalue weighted by Crippen LogP contribution is 2.39. The van der Waals surface area contributed by atoms with E-state index in [0.717, 1.165) is 31.1 Å². The molecule has 4 heteroatoms. The summed E-state index contributed by atoms with van der Waals surface area (Å²) in [7, 11) is 0. The summed E-state index contributed by atoms with van der Waals surface area (Å²) >= 11 is 0. The molecule has 2 aromatic rings. The van der Waals surface area contributed by atoms with Crippen LogP contribution in [0, 0.1) is 18.3 Å². The van der Waals surface area contributed by atoms with Crippen LogP contribution in [0.2, 0.25) is 0 Å². The summed E-state index contributed by atoms with van der Waals surface area (Å²) in [5, 5.41) is 14.5. The van der Waals surface area contributed by atoms with Gasteiger partial charge in [-0.15, -0.1) is 0 Å². The molecule has 4 nitrogen and oxygen atoms in total. The van der Waals surface area contributed by atoms with E-state index in [-0.39, 0.29) is 6.42 Å². The summed E-state index contributed by atoms with van der Waals surface area (Å²) in [6.45, 7) is 10.7. The number of ether oxygens (including phenoxy) is 1. The van der Waals surface area contributed by atoms with Gasteiger partial charge in [-0.25, -0.2) is 0 Å². The van der Waals surface area contributed by atoms with Gasteiger partial charge in [-0.3, -0.25) is 4.79 Å². The summed E-state index contributed by atoms with van der Waals surface area (Å²) in [5.74, 6) is 1.05. The maximum Gasteiger partial charge on any atom is 0.303 e. The number of hydrogen-bond donors (Lipinski definition) is 2. The van der Waals surface area contributed by atoms with Crippen molar-refractivity contribution in [1.82, 2.24) is 5.32 Å². The minimum atomic E-state index is -0.738. The lowest BCUT2D eigenvalue weighted by Crippen LogP contribution is -2.30. The first-order valence-corrected chi connectivity index (χ1v) is 11.3. The van der Waals surface area contributed by atoms with E-state index < -0.39 is 5.97 Å². The number of carbonyl (C=O) groups is 1. The zero-order chi connectivity index (χ0) is 21.7. The number of hydrogen-bond acceptors (Lipinski definition) is 3. The first-order valence-electron chi connectivity index (χ1n) is 11.3. The van der Waals surface area contributed by atoms with Crippen molar-refractivity contribution in [2.24, 2.45) is 11.3 Å². The zero-order valence-electron chi connectivity index (χ0n) is 19.0. The first-order chi connectivity index (χ1) is 14.2. The molecule has 30 heavy (non-hydrogen) atoms. The maximum atomic E-state index is 10.6. The maximum absolute atomic E-state index is 10.6. The highest BCUT2D eigenvalue weighted by molar-refractivity contribution is 5.87. The summed E-state index contributed by atoms with van der Waals surface area (Å²) in [4.78, 5) is 10.6. The van der Waals surface area contributed by atoms with Gasteiger partial charge in [0.2, 0.25) is 0 Å². The molecule has 164 valence electrons. The Morgan fingerprint density at radius 1 is 1.13 bits per heavy atom. The second-order valence-corrected chi connectivity index (χ2v) is 9.93. The molecule has 0 heterocycles. The van der Waals surface area contributed by atoms with Gasteiger partial charge in [-0.05, 0) is 97.0 Å². The molecule has 1 aliphatic carbocycles. The van der Waals surface area contributed by atoms with E-state index in [2.05, 4.69) is 63.3 Å². The van der Waals surface area contributed by atoms with Gasteiger partial charge in [0, 0.05) is 13.0 Å². The smallest absolute Gasteiger partial charge is 0.303 e. The number of nitrogens with one attached hydrogen (secondary N) is 1. The highest BCUT2D eigenvalue weighted by Gasteiger charge is 2.30. The number of aryl methyl sites for hydroxylation is 1. The van der Waals surface area contributed by atoms with E-state index in [0.29, 0.717) is 24.5 Å². The molecule has 0 spiro atoms. The van der Waals surface area contributed by atoms with Crippen LogP contribution in [0.3, 0.4) is 0 Å². The number of rotatable bonds is 8. The van der Waals surface area contributed by atoms with E-state index in [4.69, 9.17) is 9.84 Å². The van der Waals surface area contributed by atoms with Crippen molar-refractivity contribution in [1.29, 1.82) is 0 Å². The van der Waals surface area contributed by atoms with Crippen LogP contribution in [0.15, 0.2) is 30.3 Å². The second kappa shape index (κ2) is 9.82. The predicted molar refractivity (Wildman–Crippen MR) is 123 cm³/mol. The molecular formula is C26H37NO3. The predicted octanol–water partition coefficient (Wildman–Crippen LogP) is 6.09. The number of aliphatic carboxylic acids is 1. The summed E-state index contributed by atoms with van der Waals surface area (Å²) < 4.78 is 6.39. The molecule has 1 aliphatic rings. The standard InChI is InChI=1S/C26H37NO3/c1-18-14-23(30-22-11-9-21(10-12-22)26(2,3)4)16-20-8-7-19(15-24(18)20)17-27-13-5-6-25(28)29/h7-8,14-16,21-22,27H,5-6,9-13,17H2,1-4H3,(H,28,29). The van der Waals surface area contributed by atoms with Crippen molar-refractivity contribution in [3.8, 4) is 5.75 Å². The Bertz CT molecular complexity index is 860. The third kappa shape index (κ3) is 6.21. The van der Waals surface area contributed by atoms with Crippen LogP contribution in [0.1, 0.15) is 70.4 Å². The largest absolute Gasteiger partial charge is 0.490 e. The molecule has 0 aliphatic heterocycles. The summed E-state index contributed by atoms with van der Waals surface area (Å²) in [6, 6.07) is 10.9. The van der Waals surface area contributed by atoms with Crippen molar-refractivity contribution >= 4 is 16.7 Å². The number of benzene rings is 2. The van der Waals surface area contributed by atoms with Gasteiger partial charge in [0.1, 0.15) is 5.75 Å². The number of carboxylic acids is 1. The summed E-state index contributed by atoms with van der Waals surface area (Å²) in [6.07, 6.45) is 5.99. The first kappa shape index (κ1) is 22.6. The van der Waals surface area contributed by atoms with Crippen molar-refractivity contribution in [3.05, 3.63) is 41.5 Å². The Labute approximate surface area is 181 Å². The van der Waals surface area contributed by atoms with Gasteiger partial charge in [0.05, 0.1) is 6.10 Å². The van der Waals surface area contributed by atoms with Crippen molar-refractivity contribution < 1.29 is 14.6 Å². The SMILES string of the molecule is Cc1cc(OC2CCC(C(C)(C)C)CC2)cc2ccc(CNCCCC(=O)O)cc12. The van der Waals surface area contributed by atoms with Crippen LogP contribution in [0.25, 0.3) is 10.8 Å². The molecule has 2 aromatic carbocycles. The van der Waals surface area contributed by atoms with E-state index >= 15 is 0 Å². The molecule has 1 fully saturated rings. The van der Waals surface area contributed by atoms with E-state index in [1.807, 2.05) is 0 Å². The van der Waals surface area contributed by atoms with E-state index in [9.17, 15) is 4.79 Å². The van der Waals surface area contributed by atoms with E-state index in [1.165, 1.54) is 34.7 Å². The Morgan fingerprint density at radius 3 is 2.53 bits per heavy atom. The Kier molecular flexibility index (Phi) is 7.41. The lowest BCUT2D eigenvalue weighted by Gasteiger charge is -2.37. The summed E-state index contributed by atoms with van der Waals surface area (Å²) in [5.41, 5.74) is 2.85. The fraction of sp³-hybridized carbons (Fsp3) is 0.577. The van der Waals surface area contributed by atoms with Gasteiger partial charge >= 0.3 is 5.97 Å². The van der Waals surface area contributed by atoms with Gasteiger partial charge in [0.15, 0.2) is 0 Å². The Balaban J connectivity index is 1.59. The molecule has 2 N–H and O–H groups in total. The van der Waals surface area contributed by atoms with Crippen molar-refractivity contribution in [2.45, 2.75) is 78.9 Å². The average Bonchev–Trinajstić information content (AvgIpc) is 2.67. The second-order valence-electron chi connectivity index (χ2n) is 9.93. The minimum absolute atomic E-state index is 0.213. The normalized spacial score (nSPS) is 19.7. The molecule has 3 rings (SSSR count). The third-order valence-electron chi connectivity index (χ3n) is 6.47. The zero-order valence-corrected chi connectivity index (χ0v) is 19.0. The van der Waals surface area contributed by atoms with Crippen molar-refractivity contribution in [3.63, 3.8) is 0 Å². The number of fused-ring (bicyclic) bond motifs is 1. The lowest BCUT2D eigenvalue weighted by atomic mass is 9.72. The number of carboxylic acid groups (broad SMARTS) is 1. The molecule has 0 unspecified atom stereocenters. The quantitative estimate of drug-likeness (QED) is 0.516. The monoisotopic (exact) mass is 411 g/mol. The van der Waals surface area contributed by atoms with Gasteiger partial charge in [-0.2, -0.15) is 0 Å². The molecule has 0 amide bonds. The van der Waals surface area contributed by atoms with Crippen LogP contribution in [-0.2, 0) is 11.3 Å². The van der Waals surface area contributed by atoms with Crippen LogP contribution in [-0.4, -0.2) is 23.7 Å². The molecule has 1 saturated carbocycles. The lowest BCUT2D eigenvalue weighted by molar-refractivity contribution is -0.137. The van der Waals surface area contributed by atoms with Crippen LogP contribution in [0.5, 0.6) is 5.75 Å². The van der Waals surface area contributed by atoms with E-state index in [1.54, 1.807) is 0 Å². The molecule has 0 atom stereocenters. The van der Waals surface area contributed by atoms with Gasteiger partial charge in [0.25, 0.3) is 0 Å². The van der Waals surface area contributed by atoms with Gasteiger partial charge < -0.3 is 15.2 Å². The van der Waals surface area contributed by atoms with Gasteiger partial charge in [-0.1, -0.05) is 32.9 Å². The minimum Gasteiger partial charge on any atom is -0.490 e. The van der Waals surface area contributed by atoms with Crippen LogP contribution >= 0.6 is 0 Å². The molecule has 0 saturated heterocycles. The topological polar surface area (TPSA) is 58.6 Å². The molecule has 0 bridgehead atoms. The Hall–Kier alpha value is -2.07. The van der Waals surface area contributed by atoms with Crippen molar-refractivity contribution in [2.75, 3.05) is 6.54 Å². The average molecular weight is 412 g/mol. The third-order valence-corrected chi connectivity index (χ3v) is 6.47. The molecular weight excluding hydrogens is 374 g/mol. The fourth-order valence-corrected chi connectivity index (χ4v) is 4.57. The molecule has 0 aromatic heterocycles. The van der Waals surface area contributed by atoms with Crippen LogP contribution in [0.4, 0.5) is 0 Å². The highest BCUT2D eigenvalue weighted by atomic mass is 16.5. The molecule has 0 radical (unpaired) electrons. The van der Waals surface area contributed by atoms with Crippen LogP contribution < -0.4 is 10.1 Å².